The molecule has 0 radical (unpaired) electrons. The number of anilines is 2. The maximum atomic E-state index is 12.2. The summed E-state index contributed by atoms with van der Waals surface area (Å²) in [6.07, 6.45) is 2.82. The molecule has 0 saturated carbocycles. The second-order valence-electron chi connectivity index (χ2n) is 10.0. The third-order valence-electron chi connectivity index (χ3n) is 7.51. The summed E-state index contributed by atoms with van der Waals surface area (Å²) >= 11 is 5.72. The van der Waals surface area contributed by atoms with Crippen LogP contribution in [0, 0.1) is 18.4 Å². The molecule has 0 fully saturated rings. The molecule has 6 rings (SSSR count). The predicted molar refractivity (Wildman–Crippen MR) is 173 cm³/mol. The monoisotopic (exact) mass is 626 g/mol. The summed E-state index contributed by atoms with van der Waals surface area (Å²) in [6.45, 7) is 13.2. The Kier molecular flexibility index (Phi) is 14.3. The fourth-order valence-corrected chi connectivity index (χ4v) is 5.77. The van der Waals surface area contributed by atoms with Gasteiger partial charge in [0.25, 0.3) is 0 Å². The molecule has 0 bridgehead atoms. The first-order valence-electron chi connectivity index (χ1n) is 14.2. The van der Waals surface area contributed by atoms with E-state index in [0.29, 0.717) is 38.4 Å². The number of alkyl halides is 1. The third-order valence-corrected chi connectivity index (χ3v) is 7.70. The Bertz CT molecular complexity index is 1650. The summed E-state index contributed by atoms with van der Waals surface area (Å²) in [5.74, 6) is 0.964. The first kappa shape index (κ1) is 35.2. The fraction of sp³-hybridized carbons (Fsp3) is 0.222. The van der Waals surface area contributed by atoms with Crippen molar-refractivity contribution in [2.75, 3.05) is 36.1 Å². The van der Waals surface area contributed by atoms with Gasteiger partial charge < -0.3 is 27.3 Å². The second-order valence-corrected chi connectivity index (χ2v) is 10.4. The minimum atomic E-state index is 0. The van der Waals surface area contributed by atoms with Crippen molar-refractivity contribution in [2.45, 2.75) is 25.7 Å². The number of hydrogen-bond acceptors (Lipinski definition) is 5. The Morgan fingerprint density at radius 2 is 1.09 bits per heavy atom. The zero-order valence-electron chi connectivity index (χ0n) is 24.8. The molecular formula is C36H32ClKN4O2. The van der Waals surface area contributed by atoms with Gasteiger partial charge in [0.1, 0.15) is 0 Å². The quantitative estimate of drug-likeness (QED) is 0.124. The van der Waals surface area contributed by atoms with Crippen LogP contribution in [0.2, 0.25) is 0 Å². The molecule has 216 valence electrons. The maximum absolute atomic E-state index is 12.2. The van der Waals surface area contributed by atoms with E-state index in [1.807, 2.05) is 48.5 Å². The smallest absolute Gasteiger partial charge is 0.512 e. The first-order valence-corrected chi connectivity index (χ1v) is 14.7. The van der Waals surface area contributed by atoms with Crippen LogP contribution in [0.4, 0.5) is 11.4 Å². The minimum Gasteiger partial charge on any atom is -0.512 e. The van der Waals surface area contributed by atoms with Gasteiger partial charge in [-0.05, 0) is 58.4 Å². The maximum Gasteiger partial charge on any atom is 1.00 e. The zero-order valence-corrected chi connectivity index (χ0v) is 28.7. The summed E-state index contributed by atoms with van der Waals surface area (Å²) in [6, 6.07) is 28.5. The number of nitrogens with zero attached hydrogens (tertiary/aromatic N) is 2. The van der Waals surface area contributed by atoms with Gasteiger partial charge >= 0.3 is 51.4 Å². The predicted octanol–water partition coefficient (Wildman–Crippen LogP) is 5.05. The van der Waals surface area contributed by atoms with Crippen LogP contribution in [-0.2, 0) is 12.8 Å². The van der Waals surface area contributed by atoms with Crippen LogP contribution in [0.5, 0.6) is 0 Å². The molecule has 8 heteroatoms. The van der Waals surface area contributed by atoms with E-state index in [1.165, 1.54) is 16.7 Å². The molecule has 0 spiro atoms. The summed E-state index contributed by atoms with van der Waals surface area (Å²) in [4.78, 5) is 27.7. The molecule has 0 unspecified atom stereocenters. The molecule has 4 aromatic carbocycles. The van der Waals surface area contributed by atoms with E-state index < -0.39 is 0 Å². The molecule has 6 nitrogen and oxygen atoms in total. The third kappa shape index (κ3) is 8.25. The molecule has 0 heterocycles. The number of hydrogen-bond donors (Lipinski definition) is 2. The van der Waals surface area contributed by atoms with E-state index in [0.717, 1.165) is 52.0 Å². The van der Waals surface area contributed by atoms with Gasteiger partial charge in [0, 0.05) is 47.8 Å². The molecule has 0 aromatic heterocycles. The Balaban J connectivity index is 0.000000223. The molecular weight excluding hydrogens is 595 g/mol. The van der Waals surface area contributed by atoms with E-state index in [4.69, 9.17) is 30.0 Å². The van der Waals surface area contributed by atoms with Crippen LogP contribution in [0.1, 0.15) is 44.7 Å². The summed E-state index contributed by atoms with van der Waals surface area (Å²) in [5, 5.41) is 12.7. The van der Waals surface area contributed by atoms with Crippen molar-refractivity contribution >= 4 is 34.5 Å². The molecule has 2 aliphatic rings. The van der Waals surface area contributed by atoms with E-state index >= 15 is 0 Å². The normalized spacial score (nSPS) is 12.2. The van der Waals surface area contributed by atoms with E-state index in [1.54, 1.807) is 0 Å². The van der Waals surface area contributed by atoms with Gasteiger partial charge in [-0.3, -0.25) is 9.59 Å². The van der Waals surface area contributed by atoms with Crippen molar-refractivity contribution in [2.24, 2.45) is 0 Å². The largest absolute Gasteiger partial charge is 1.00 e. The molecule has 0 saturated heterocycles. The van der Waals surface area contributed by atoms with Gasteiger partial charge in [0.15, 0.2) is 11.6 Å². The van der Waals surface area contributed by atoms with Crippen LogP contribution in [0.15, 0.2) is 84.9 Å². The second kappa shape index (κ2) is 17.9. The van der Waals surface area contributed by atoms with Crippen LogP contribution >= 0.6 is 11.6 Å². The summed E-state index contributed by atoms with van der Waals surface area (Å²) in [5.41, 5.74) is 10.4. The standard InChI is InChI=1S/C18H16N2O.C17H16ClNO.CN.K/c1-19-11-12-20-16-9-7-14(13-5-3-2-4-6-13)15-8-10-17(21)18(15)16;18-10-11-19-15-8-6-13(12-4-2-1-3-5-12)14-7-9-16(20)17(14)15;1-2;/h2-7,9,20H,8,10-12H2;1-6,8,19H,7,9-11H2;;/q;;-1;+1. The summed E-state index contributed by atoms with van der Waals surface area (Å²) in [7, 11) is 0. The van der Waals surface area contributed by atoms with Gasteiger partial charge in [0.05, 0.1) is 6.54 Å². The Morgan fingerprint density at radius 3 is 1.50 bits per heavy atom. The number of halogens is 1. The number of nitrogens with one attached hydrogen (secondary N) is 2. The fourth-order valence-electron chi connectivity index (χ4n) is 5.68. The van der Waals surface area contributed by atoms with Crippen molar-refractivity contribution in [3.63, 3.8) is 0 Å². The Morgan fingerprint density at radius 1 is 0.659 bits per heavy atom. The molecule has 2 N–H and O–H groups in total. The number of ketones is 2. The Labute approximate surface area is 307 Å². The molecule has 0 amide bonds. The van der Waals surface area contributed by atoms with Gasteiger partial charge in [-0.1, -0.05) is 72.8 Å². The number of rotatable bonds is 8. The number of fused-ring (bicyclic) bond motifs is 2. The average molecular weight is 627 g/mol. The molecule has 44 heavy (non-hydrogen) atoms. The van der Waals surface area contributed by atoms with E-state index in [2.05, 4.69) is 51.9 Å². The van der Waals surface area contributed by atoms with Gasteiger partial charge in [-0.15, -0.1) is 11.6 Å². The SMILES string of the molecule is O=C1CCc2c(-c3ccccc3)ccc(NCCCl)c21.[C-]#N.[C-]#[N+]CCNc1ccc(-c2ccccc2)c2c1C(=O)CC2.[K+]. The number of carbonyl (C=O) groups is 2. The van der Waals surface area contributed by atoms with Gasteiger partial charge in [0.2, 0.25) is 6.54 Å². The molecule has 4 aromatic rings. The van der Waals surface area contributed by atoms with Crippen LogP contribution in [0.3, 0.4) is 0 Å². The van der Waals surface area contributed by atoms with Crippen molar-refractivity contribution in [1.29, 1.82) is 5.26 Å². The Hall–Kier alpha value is -3.27. The number of carbonyl (C=O) groups excluding carboxylic acids is 2. The average Bonchev–Trinajstić information content (AvgIpc) is 3.65. The van der Waals surface area contributed by atoms with E-state index in [9.17, 15) is 9.59 Å². The van der Waals surface area contributed by atoms with Crippen molar-refractivity contribution in [1.82, 2.24) is 0 Å². The van der Waals surface area contributed by atoms with Crippen LogP contribution in [-0.4, -0.2) is 37.1 Å². The van der Waals surface area contributed by atoms with Crippen molar-refractivity contribution < 1.29 is 61.0 Å². The van der Waals surface area contributed by atoms with Crippen molar-refractivity contribution in [3.8, 4) is 22.3 Å². The van der Waals surface area contributed by atoms with E-state index in [-0.39, 0.29) is 63.0 Å². The van der Waals surface area contributed by atoms with Gasteiger partial charge in [-0.25, -0.2) is 6.57 Å². The number of Topliss-reactive ketones (excluding diaryl/α,β-unsaturated/α-hetero) is 2. The van der Waals surface area contributed by atoms with Crippen LogP contribution in [0.25, 0.3) is 27.1 Å². The zero-order chi connectivity index (χ0) is 30.6. The first-order chi connectivity index (χ1) is 21.1. The van der Waals surface area contributed by atoms with Crippen molar-refractivity contribution in [3.05, 3.63) is 125 Å². The topological polar surface area (TPSA) is 86.3 Å². The molecule has 0 atom stereocenters. The van der Waals surface area contributed by atoms with Crippen LogP contribution < -0.4 is 62.0 Å². The number of benzene rings is 4. The summed E-state index contributed by atoms with van der Waals surface area (Å²) < 4.78 is 0. The molecule has 0 aliphatic heterocycles. The minimum absolute atomic E-state index is 0. The molecule has 2 aliphatic carbocycles. The van der Waals surface area contributed by atoms with Gasteiger partial charge in [-0.2, -0.15) is 0 Å².